The highest BCUT2D eigenvalue weighted by Crippen LogP contribution is 2.43. The van der Waals surface area contributed by atoms with E-state index in [-0.39, 0.29) is 32.3 Å². The minimum absolute atomic E-state index is 0.0128. The van der Waals surface area contributed by atoms with Gasteiger partial charge in [0, 0.05) is 20.1 Å². The molecule has 0 rings (SSSR count). The van der Waals surface area contributed by atoms with Crippen LogP contribution in [0, 0.1) is 0 Å². The van der Waals surface area contributed by atoms with Crippen molar-refractivity contribution in [1.82, 2.24) is 0 Å². The lowest BCUT2D eigenvalue weighted by Crippen LogP contribution is -2.25. The topological polar surface area (TPSA) is 100 Å². The Hall–Kier alpha value is -0.0800. The Labute approximate surface area is 207 Å². The van der Waals surface area contributed by atoms with E-state index in [1.807, 2.05) is 0 Å². The van der Waals surface area contributed by atoms with E-state index >= 15 is 0 Å². The lowest BCUT2D eigenvalue weighted by atomic mass is 10.0. The number of carbonyl (C=O) groups is 1. The van der Waals surface area contributed by atoms with Crippen molar-refractivity contribution < 1.29 is 28.2 Å². The van der Waals surface area contributed by atoms with Crippen molar-refractivity contribution in [2.24, 2.45) is 5.73 Å². The number of methoxy groups -OCH3 is 1. The van der Waals surface area contributed by atoms with Crippen molar-refractivity contribution in [3.05, 3.63) is 0 Å². The second-order valence-electron chi connectivity index (χ2n) is 8.63. The molecule has 0 fully saturated rings. The second kappa shape index (κ2) is 23.7. The molecular weight excluding hydrogens is 461 g/mol. The van der Waals surface area contributed by atoms with E-state index in [2.05, 4.69) is 6.92 Å². The van der Waals surface area contributed by atoms with Gasteiger partial charge in [-0.15, -0.1) is 0 Å². The summed E-state index contributed by atoms with van der Waals surface area (Å²) in [5.74, 6) is -0.241. The van der Waals surface area contributed by atoms with Crippen LogP contribution in [0.15, 0.2) is 0 Å². The molecule has 7 nitrogen and oxygen atoms in total. The molecule has 2 atom stereocenters. The smallest absolute Gasteiger partial charge is 0.324 e. The van der Waals surface area contributed by atoms with E-state index in [0.29, 0.717) is 6.42 Å². The van der Waals surface area contributed by atoms with Crippen LogP contribution in [0.2, 0.25) is 0 Å². The van der Waals surface area contributed by atoms with Crippen molar-refractivity contribution >= 4 is 24.5 Å². The van der Waals surface area contributed by atoms with Gasteiger partial charge in [-0.3, -0.25) is 4.79 Å². The Morgan fingerprint density at radius 1 is 0.848 bits per heavy atom. The maximum absolute atomic E-state index is 11.9. The first-order valence-electron chi connectivity index (χ1n) is 13.0. The molecule has 198 valence electrons. The minimum Gasteiger partial charge on any atom is -0.463 e. The molecule has 0 spiro atoms. The van der Waals surface area contributed by atoms with Gasteiger partial charge < -0.3 is 29.1 Å². The van der Waals surface area contributed by atoms with Crippen LogP contribution in [-0.2, 0) is 35.1 Å². The molecule has 0 saturated carbocycles. The van der Waals surface area contributed by atoms with Gasteiger partial charge in [0.2, 0.25) is 0 Å². The number of nitrogens with two attached hydrogens (primary N) is 1. The molecule has 0 amide bonds. The molecular formula is C24H50NO6PS. The molecule has 0 aromatic carbocycles. The number of ether oxygens (including phenoxy) is 2. The molecule has 0 aliphatic rings. The van der Waals surface area contributed by atoms with Crippen molar-refractivity contribution in [1.29, 1.82) is 0 Å². The van der Waals surface area contributed by atoms with Crippen molar-refractivity contribution in [3.8, 4) is 0 Å². The number of hydrogen-bond acceptors (Lipinski definition) is 7. The van der Waals surface area contributed by atoms with Gasteiger partial charge in [-0.05, 0) is 18.2 Å². The van der Waals surface area contributed by atoms with Gasteiger partial charge in [-0.2, -0.15) is 0 Å². The molecule has 3 N–H and O–H groups in total. The summed E-state index contributed by atoms with van der Waals surface area (Å²) in [6, 6.07) is 0. The average Bonchev–Trinajstić information content (AvgIpc) is 2.80. The first-order chi connectivity index (χ1) is 15.9. The second-order valence-corrected chi connectivity index (χ2v) is 11.5. The number of carbonyl (C=O) groups excluding carboxylic acids is 1. The molecule has 33 heavy (non-hydrogen) atoms. The normalized spacial score (nSPS) is 14.2. The predicted octanol–water partition coefficient (Wildman–Crippen LogP) is 6.01. The lowest BCUT2D eigenvalue weighted by molar-refractivity contribution is -0.148. The third kappa shape index (κ3) is 23.4. The van der Waals surface area contributed by atoms with Crippen LogP contribution in [0.1, 0.15) is 110 Å². The molecule has 0 aromatic rings. The maximum Gasteiger partial charge on any atom is 0.324 e. The molecule has 0 radical (unpaired) electrons. The van der Waals surface area contributed by atoms with Crippen molar-refractivity contribution in [3.63, 3.8) is 0 Å². The summed E-state index contributed by atoms with van der Waals surface area (Å²) < 4.78 is 20.7. The Balaban J connectivity index is 3.53. The fraction of sp³-hybridized carbons (Fsp3) is 0.958. The Morgan fingerprint density at radius 3 is 1.79 bits per heavy atom. The molecule has 0 saturated heterocycles. The molecule has 0 aromatic heterocycles. The highest BCUT2D eigenvalue weighted by atomic mass is 32.5. The highest BCUT2D eigenvalue weighted by Gasteiger charge is 2.19. The van der Waals surface area contributed by atoms with Gasteiger partial charge >= 0.3 is 12.7 Å². The zero-order valence-electron chi connectivity index (χ0n) is 21.1. The predicted molar refractivity (Wildman–Crippen MR) is 139 cm³/mol. The van der Waals surface area contributed by atoms with E-state index in [1.54, 1.807) is 0 Å². The SMILES string of the molecule is CCCCCCCCCCCCCCCCCC(=O)OCC(COP(O)(=S)OCCN)OC. The minimum atomic E-state index is -3.34. The largest absolute Gasteiger partial charge is 0.463 e. The van der Waals surface area contributed by atoms with E-state index in [9.17, 15) is 9.69 Å². The number of rotatable bonds is 25. The van der Waals surface area contributed by atoms with E-state index < -0.39 is 12.8 Å². The van der Waals surface area contributed by atoms with Gasteiger partial charge in [0.05, 0.1) is 13.2 Å². The first kappa shape index (κ1) is 32.9. The lowest BCUT2D eigenvalue weighted by Gasteiger charge is -2.20. The number of esters is 1. The fourth-order valence-electron chi connectivity index (χ4n) is 3.47. The van der Waals surface area contributed by atoms with Crippen molar-refractivity contribution in [2.75, 3.05) is 33.5 Å². The molecule has 0 bridgehead atoms. The molecule has 9 heteroatoms. The summed E-state index contributed by atoms with van der Waals surface area (Å²) in [6.07, 6.45) is 19.3. The average molecular weight is 512 g/mol. The van der Waals surface area contributed by atoms with Crippen LogP contribution in [0.4, 0.5) is 0 Å². The first-order valence-corrected chi connectivity index (χ1v) is 15.5. The van der Waals surface area contributed by atoms with Crippen LogP contribution in [0.3, 0.4) is 0 Å². The number of unbranched alkanes of at least 4 members (excludes halogenated alkanes) is 14. The summed E-state index contributed by atoms with van der Waals surface area (Å²) in [6.45, 7) is -0.662. The van der Waals surface area contributed by atoms with Crippen LogP contribution >= 0.6 is 6.72 Å². The Bertz CT molecular complexity index is 498. The van der Waals surface area contributed by atoms with E-state index in [4.69, 9.17) is 36.1 Å². The Morgan fingerprint density at radius 2 is 1.33 bits per heavy atom. The fourth-order valence-corrected chi connectivity index (χ4v) is 4.64. The van der Waals surface area contributed by atoms with Gasteiger partial charge in [-0.1, -0.05) is 96.8 Å². The Kier molecular flexibility index (Phi) is 23.6. The molecule has 2 unspecified atom stereocenters. The van der Waals surface area contributed by atoms with E-state index in [1.165, 1.54) is 90.6 Å². The zero-order valence-corrected chi connectivity index (χ0v) is 22.9. The molecule has 0 aliphatic heterocycles. The van der Waals surface area contributed by atoms with Gasteiger partial charge in [-0.25, -0.2) is 0 Å². The summed E-state index contributed by atoms with van der Waals surface area (Å²) in [5.41, 5.74) is 5.31. The third-order valence-corrected chi connectivity index (χ3v) is 7.16. The third-order valence-electron chi connectivity index (χ3n) is 5.54. The molecule has 0 heterocycles. The summed E-state index contributed by atoms with van der Waals surface area (Å²) in [4.78, 5) is 21.8. The summed E-state index contributed by atoms with van der Waals surface area (Å²) >= 11 is 4.86. The summed E-state index contributed by atoms with van der Waals surface area (Å²) in [5, 5.41) is 0. The van der Waals surface area contributed by atoms with Crippen LogP contribution in [0.25, 0.3) is 0 Å². The van der Waals surface area contributed by atoms with Crippen LogP contribution in [-0.4, -0.2) is 50.4 Å². The standard InChI is InChI=1S/C24H50NO6PS/c1-3-4-5-6-7-8-9-10-11-12-13-14-15-16-17-18-24(26)29-21-23(28-2)22-31-32(27,33)30-20-19-25/h23H,3-22,25H2,1-2H3,(H,27,33). The van der Waals surface area contributed by atoms with Gasteiger partial charge in [0.25, 0.3) is 0 Å². The van der Waals surface area contributed by atoms with E-state index in [0.717, 1.165) is 12.8 Å². The summed E-state index contributed by atoms with van der Waals surface area (Å²) in [7, 11) is 1.48. The monoisotopic (exact) mass is 511 g/mol. The zero-order chi connectivity index (χ0) is 24.6. The van der Waals surface area contributed by atoms with Crippen LogP contribution in [0.5, 0.6) is 0 Å². The van der Waals surface area contributed by atoms with Crippen LogP contribution < -0.4 is 5.73 Å². The maximum atomic E-state index is 11.9. The van der Waals surface area contributed by atoms with Gasteiger partial charge in [0.1, 0.15) is 12.7 Å². The molecule has 0 aliphatic carbocycles. The van der Waals surface area contributed by atoms with Crippen molar-refractivity contribution in [2.45, 2.75) is 116 Å². The van der Waals surface area contributed by atoms with Gasteiger partial charge in [0.15, 0.2) is 0 Å². The highest BCUT2D eigenvalue weighted by molar-refractivity contribution is 8.07. The quantitative estimate of drug-likeness (QED) is 0.0872. The number of hydrogen-bond donors (Lipinski definition) is 2.